The molecule has 1 aliphatic heterocycles. The molecule has 12 heteroatoms. The van der Waals surface area contributed by atoms with Gasteiger partial charge in [0.15, 0.2) is 5.75 Å². The van der Waals surface area contributed by atoms with Crippen molar-refractivity contribution in [3.8, 4) is 5.75 Å². The molecule has 238 valence electrons. The number of aldehydes is 1. The molecule has 0 atom stereocenters. The second kappa shape index (κ2) is 20.4. The summed E-state index contributed by atoms with van der Waals surface area (Å²) in [6.07, 6.45) is 5.94. The normalized spacial score (nSPS) is 14.0. The molecular weight excluding hydrogens is 546 g/mol. The Hall–Kier alpha value is -3.51. The van der Waals surface area contributed by atoms with Gasteiger partial charge < -0.3 is 34.5 Å². The van der Waals surface area contributed by atoms with E-state index in [-0.39, 0.29) is 30.8 Å². The number of alkyl halides is 2. The van der Waals surface area contributed by atoms with Crippen molar-refractivity contribution in [2.24, 2.45) is 11.6 Å². The number of hydrogen-bond donors (Lipinski definition) is 2. The van der Waals surface area contributed by atoms with Crippen molar-refractivity contribution >= 4 is 17.7 Å². The van der Waals surface area contributed by atoms with E-state index in [1.807, 2.05) is 32.3 Å². The number of hydrogen-bond acceptors (Lipinski definition) is 9. The van der Waals surface area contributed by atoms with Crippen molar-refractivity contribution in [2.75, 3.05) is 45.9 Å². The summed E-state index contributed by atoms with van der Waals surface area (Å²) in [5.41, 5.74) is 8.76. The topological polar surface area (TPSA) is 129 Å². The number of nitrogens with two attached hydrogens (primary N) is 2. The second-order valence-electron chi connectivity index (χ2n) is 9.21. The molecule has 2 aromatic rings. The lowest BCUT2D eigenvalue weighted by Crippen LogP contribution is -2.43. The van der Waals surface area contributed by atoms with Gasteiger partial charge in [-0.3, -0.25) is 4.79 Å². The van der Waals surface area contributed by atoms with Crippen LogP contribution in [0, 0.1) is 0 Å². The van der Waals surface area contributed by atoms with E-state index in [4.69, 9.17) is 21.1 Å². The molecule has 1 saturated heterocycles. The summed E-state index contributed by atoms with van der Waals surface area (Å²) >= 11 is 0. The smallest absolute Gasteiger partial charge is 0.265 e. The van der Waals surface area contributed by atoms with Crippen LogP contribution in [0.5, 0.6) is 5.75 Å². The number of carbonyl (C=O) groups excluding carboxylic acids is 1. The molecule has 10 nitrogen and oxygen atoms in total. The van der Waals surface area contributed by atoms with Crippen LogP contribution in [0.25, 0.3) is 5.70 Å². The van der Waals surface area contributed by atoms with Crippen LogP contribution in [-0.4, -0.2) is 67.7 Å². The summed E-state index contributed by atoms with van der Waals surface area (Å²) < 4.78 is 39.8. The van der Waals surface area contributed by atoms with Gasteiger partial charge in [0.05, 0.1) is 41.2 Å². The van der Waals surface area contributed by atoms with Crippen LogP contribution in [0.15, 0.2) is 41.1 Å². The molecule has 0 aliphatic carbocycles. The van der Waals surface area contributed by atoms with E-state index in [2.05, 4.69) is 9.72 Å². The predicted molar refractivity (Wildman–Crippen MR) is 166 cm³/mol. The number of carbonyl (C=O) groups is 1. The summed E-state index contributed by atoms with van der Waals surface area (Å²) in [6.45, 7) is 10.4. The SMILES string of the molecule is CC.CC=O.CCCn1ccc(=O)c(OC/C(=C(/N)c2ccc(N3CCCC(F)(F)C3)c(CC)n2)N(C)N)c1.COC. The van der Waals surface area contributed by atoms with E-state index in [0.717, 1.165) is 19.3 Å². The van der Waals surface area contributed by atoms with Gasteiger partial charge in [0.1, 0.15) is 12.9 Å². The van der Waals surface area contributed by atoms with Gasteiger partial charge in [0.25, 0.3) is 5.92 Å². The lowest BCUT2D eigenvalue weighted by atomic mass is 10.1. The third-order valence-corrected chi connectivity index (χ3v) is 5.82. The lowest BCUT2D eigenvalue weighted by molar-refractivity contribution is -0.106. The van der Waals surface area contributed by atoms with Crippen LogP contribution in [0.1, 0.15) is 65.3 Å². The molecule has 3 heterocycles. The largest absolute Gasteiger partial charge is 0.482 e. The number of rotatable bonds is 9. The van der Waals surface area contributed by atoms with Crippen molar-refractivity contribution < 1.29 is 23.0 Å². The molecule has 3 rings (SSSR count). The quantitative estimate of drug-likeness (QED) is 0.245. The fourth-order valence-electron chi connectivity index (χ4n) is 4.04. The van der Waals surface area contributed by atoms with Crippen molar-refractivity contribution in [3.63, 3.8) is 0 Å². The van der Waals surface area contributed by atoms with Crippen LogP contribution in [0.2, 0.25) is 0 Å². The van der Waals surface area contributed by atoms with Gasteiger partial charge in [-0.1, -0.05) is 27.7 Å². The van der Waals surface area contributed by atoms with Gasteiger partial charge in [-0.25, -0.2) is 19.6 Å². The van der Waals surface area contributed by atoms with Crippen LogP contribution >= 0.6 is 0 Å². The van der Waals surface area contributed by atoms with Gasteiger partial charge in [-0.05, 0) is 38.3 Å². The summed E-state index contributed by atoms with van der Waals surface area (Å²) in [5, 5.41) is 1.33. The van der Waals surface area contributed by atoms with E-state index in [9.17, 15) is 13.6 Å². The molecule has 42 heavy (non-hydrogen) atoms. The van der Waals surface area contributed by atoms with Crippen LogP contribution in [-0.2, 0) is 22.5 Å². The Morgan fingerprint density at radius 2 is 1.83 bits per heavy atom. The maximum absolute atomic E-state index is 14.0. The standard InChI is InChI=1S/C24H34F2N6O2.C2H6O.C2H4O.C2H6/c1-4-11-31-13-9-21(33)22(14-31)34-15-20(30(3)28)23(27)18-7-8-19(17(5-2)29-18)32-12-6-10-24(25,26)16-32;1-3-2;1-2-3;1-2/h7-9,13-14H,4-6,10-12,15-16,27-28H2,1-3H3;1-2H3;2H,1H3;1-2H3/b23-20-;;;. The lowest BCUT2D eigenvalue weighted by Gasteiger charge is -2.35. The minimum Gasteiger partial charge on any atom is -0.482 e. The molecule has 2 aromatic heterocycles. The summed E-state index contributed by atoms with van der Waals surface area (Å²) in [5.74, 6) is 3.51. The number of hydrazine groups is 1. The number of halogens is 2. The summed E-state index contributed by atoms with van der Waals surface area (Å²) in [4.78, 5) is 27.4. The van der Waals surface area contributed by atoms with E-state index in [1.54, 1.807) is 50.7 Å². The molecule has 0 radical (unpaired) electrons. The number of pyridine rings is 2. The Balaban J connectivity index is 0.00000190. The van der Waals surface area contributed by atoms with Crippen molar-refractivity contribution in [3.05, 3.63) is 57.9 Å². The maximum Gasteiger partial charge on any atom is 0.265 e. The number of nitrogens with zero attached hydrogens (tertiary/aromatic N) is 4. The van der Waals surface area contributed by atoms with Crippen LogP contribution in [0.3, 0.4) is 0 Å². The summed E-state index contributed by atoms with van der Waals surface area (Å²) in [7, 11) is 4.87. The molecule has 0 aromatic carbocycles. The monoisotopic (exact) mass is 596 g/mol. The Bertz CT molecular complexity index is 1150. The summed E-state index contributed by atoms with van der Waals surface area (Å²) in [6, 6.07) is 4.95. The molecule has 0 amide bonds. The van der Waals surface area contributed by atoms with E-state index in [0.29, 0.717) is 47.9 Å². The van der Waals surface area contributed by atoms with Crippen LogP contribution in [0.4, 0.5) is 14.5 Å². The number of piperidine rings is 1. The molecule has 0 bridgehead atoms. The Labute approximate surface area is 249 Å². The first-order valence-corrected chi connectivity index (χ1v) is 14.2. The zero-order chi connectivity index (χ0) is 32.3. The molecule has 0 saturated carbocycles. The van der Waals surface area contributed by atoms with Gasteiger partial charge >= 0.3 is 0 Å². The highest BCUT2D eigenvalue weighted by molar-refractivity contribution is 5.65. The first kappa shape index (κ1) is 38.5. The number of methoxy groups -OCH3 is 1. The third kappa shape index (κ3) is 12.6. The number of aromatic nitrogens is 2. The minimum atomic E-state index is -2.71. The van der Waals surface area contributed by atoms with Gasteiger partial charge in [-0.2, -0.15) is 0 Å². The number of ether oxygens (including phenoxy) is 2. The third-order valence-electron chi connectivity index (χ3n) is 5.82. The van der Waals surface area contributed by atoms with E-state index in [1.165, 1.54) is 18.0 Å². The average Bonchev–Trinajstić information content (AvgIpc) is 2.95. The molecule has 0 spiro atoms. The van der Waals surface area contributed by atoms with Crippen molar-refractivity contribution in [1.82, 2.24) is 14.6 Å². The number of anilines is 1. The van der Waals surface area contributed by atoms with Crippen LogP contribution < -0.4 is 26.6 Å². The van der Waals surface area contributed by atoms with Gasteiger partial charge in [-0.15, -0.1) is 0 Å². The maximum atomic E-state index is 14.0. The van der Waals surface area contributed by atoms with Crippen molar-refractivity contribution in [1.29, 1.82) is 0 Å². The first-order valence-electron chi connectivity index (χ1n) is 14.2. The van der Waals surface area contributed by atoms with Crippen molar-refractivity contribution in [2.45, 2.75) is 72.8 Å². The fourth-order valence-corrected chi connectivity index (χ4v) is 4.04. The Morgan fingerprint density at radius 1 is 1.21 bits per heavy atom. The Kier molecular flexibility index (Phi) is 18.7. The van der Waals surface area contributed by atoms with E-state index < -0.39 is 5.92 Å². The zero-order valence-electron chi connectivity index (χ0n) is 26.5. The number of likely N-dealkylation sites (N-methyl/N-ethyl adjacent to an activating group) is 1. The minimum absolute atomic E-state index is 0.0343. The molecular formula is C30H50F2N6O4. The molecule has 1 fully saturated rings. The van der Waals surface area contributed by atoms with Gasteiger partial charge in [0, 0.05) is 53.0 Å². The highest BCUT2D eigenvalue weighted by Gasteiger charge is 2.36. The molecule has 4 N–H and O–H groups in total. The predicted octanol–water partition coefficient (Wildman–Crippen LogP) is 4.46. The second-order valence-corrected chi connectivity index (χ2v) is 9.21. The first-order chi connectivity index (χ1) is 20.0. The molecule has 1 aliphatic rings. The zero-order valence-corrected chi connectivity index (χ0v) is 26.5. The number of aryl methyl sites for hydroxylation is 2. The van der Waals surface area contributed by atoms with Gasteiger partial charge in [0.2, 0.25) is 5.43 Å². The highest BCUT2D eigenvalue weighted by Crippen LogP contribution is 2.32. The highest BCUT2D eigenvalue weighted by atomic mass is 19.3. The fraction of sp³-hybridized carbons (Fsp3) is 0.567. The Morgan fingerprint density at radius 3 is 2.36 bits per heavy atom. The van der Waals surface area contributed by atoms with E-state index >= 15 is 0 Å². The average molecular weight is 597 g/mol. The molecule has 0 unspecified atom stereocenters.